The molecule has 2 amide bonds. The summed E-state index contributed by atoms with van der Waals surface area (Å²) in [5, 5.41) is 5.76. The maximum absolute atomic E-state index is 13.0. The van der Waals surface area contributed by atoms with Gasteiger partial charge in [0, 0.05) is 27.6 Å². The Morgan fingerprint density at radius 2 is 1.49 bits per heavy atom. The van der Waals surface area contributed by atoms with E-state index in [1.54, 1.807) is 36.4 Å². The SMILES string of the molecule is CC(C)C(NC(=O)C(Cc1ccc(Cl)cc1)NC(=O)/C=C/c1cc(Cl)cc(Cl)c1)C(=O)C(F)(F)F. The smallest absolute Gasteiger partial charge is 0.344 e. The van der Waals surface area contributed by atoms with E-state index in [9.17, 15) is 27.6 Å². The molecule has 2 aromatic carbocycles. The van der Waals surface area contributed by atoms with Crippen molar-refractivity contribution in [2.75, 3.05) is 0 Å². The first kappa shape index (κ1) is 28.7. The van der Waals surface area contributed by atoms with Gasteiger partial charge in [0.25, 0.3) is 5.78 Å². The molecule has 5 nitrogen and oxygen atoms in total. The van der Waals surface area contributed by atoms with Crippen molar-refractivity contribution < 1.29 is 27.6 Å². The number of carbonyl (C=O) groups excluding carboxylic acids is 3. The summed E-state index contributed by atoms with van der Waals surface area (Å²) in [5.41, 5.74) is 1.11. The first-order chi connectivity index (χ1) is 16.3. The van der Waals surface area contributed by atoms with Gasteiger partial charge in [-0.15, -0.1) is 0 Å². The second-order valence-corrected chi connectivity index (χ2v) is 9.33. The van der Waals surface area contributed by atoms with Crippen LogP contribution in [0.15, 0.2) is 48.5 Å². The molecule has 0 saturated carbocycles. The molecular weight excluding hydrogens is 528 g/mol. The highest BCUT2D eigenvalue weighted by Gasteiger charge is 2.45. The molecule has 0 aliphatic rings. The lowest BCUT2D eigenvalue weighted by Gasteiger charge is -2.25. The Hall–Kier alpha value is -2.55. The van der Waals surface area contributed by atoms with E-state index in [4.69, 9.17) is 34.8 Å². The van der Waals surface area contributed by atoms with E-state index in [1.165, 1.54) is 26.0 Å². The largest absolute Gasteiger partial charge is 0.452 e. The molecule has 0 aromatic heterocycles. The van der Waals surface area contributed by atoms with E-state index >= 15 is 0 Å². The molecular formula is C24H22Cl3F3N2O3. The van der Waals surface area contributed by atoms with Gasteiger partial charge in [0.2, 0.25) is 11.8 Å². The molecule has 0 aliphatic heterocycles. The Labute approximate surface area is 215 Å². The topological polar surface area (TPSA) is 75.3 Å². The number of carbonyl (C=O) groups is 3. The van der Waals surface area contributed by atoms with E-state index in [0.717, 1.165) is 6.08 Å². The fourth-order valence-electron chi connectivity index (χ4n) is 3.09. The molecule has 0 aliphatic carbocycles. The molecule has 2 unspecified atom stereocenters. The second kappa shape index (κ2) is 12.4. The van der Waals surface area contributed by atoms with Crippen molar-refractivity contribution >= 4 is 58.5 Å². The van der Waals surface area contributed by atoms with E-state index in [0.29, 0.717) is 26.2 Å². The van der Waals surface area contributed by atoms with Gasteiger partial charge in [-0.25, -0.2) is 0 Å². The molecule has 188 valence electrons. The van der Waals surface area contributed by atoms with Gasteiger partial charge in [-0.2, -0.15) is 13.2 Å². The van der Waals surface area contributed by atoms with Crippen LogP contribution in [0.5, 0.6) is 0 Å². The van der Waals surface area contributed by atoms with Gasteiger partial charge in [-0.05, 0) is 53.5 Å². The second-order valence-electron chi connectivity index (χ2n) is 8.02. The molecule has 0 fully saturated rings. The highest BCUT2D eigenvalue weighted by molar-refractivity contribution is 6.34. The van der Waals surface area contributed by atoms with Gasteiger partial charge in [-0.1, -0.05) is 60.8 Å². The van der Waals surface area contributed by atoms with E-state index in [1.807, 2.05) is 0 Å². The van der Waals surface area contributed by atoms with Crippen LogP contribution in [0.25, 0.3) is 6.08 Å². The number of ketones is 1. The molecule has 0 spiro atoms. The van der Waals surface area contributed by atoms with Gasteiger partial charge >= 0.3 is 6.18 Å². The fourth-order valence-corrected chi connectivity index (χ4v) is 3.76. The van der Waals surface area contributed by atoms with Crippen molar-refractivity contribution in [2.24, 2.45) is 5.92 Å². The number of rotatable bonds is 9. The first-order valence-electron chi connectivity index (χ1n) is 10.4. The summed E-state index contributed by atoms with van der Waals surface area (Å²) < 4.78 is 39.0. The van der Waals surface area contributed by atoms with Crippen molar-refractivity contribution in [1.29, 1.82) is 0 Å². The normalized spacial score (nSPS) is 13.5. The number of Topliss-reactive ketones (excluding diaryl/α,β-unsaturated/α-hetero) is 1. The third kappa shape index (κ3) is 9.20. The van der Waals surface area contributed by atoms with Crippen molar-refractivity contribution in [2.45, 2.75) is 38.5 Å². The van der Waals surface area contributed by atoms with E-state index < -0.39 is 41.8 Å². The molecule has 0 saturated heterocycles. The molecule has 2 N–H and O–H groups in total. The van der Waals surface area contributed by atoms with Crippen LogP contribution in [0.2, 0.25) is 15.1 Å². The predicted octanol–water partition coefficient (Wildman–Crippen LogP) is 5.66. The monoisotopic (exact) mass is 548 g/mol. The number of halogens is 6. The van der Waals surface area contributed by atoms with E-state index in [-0.39, 0.29) is 6.42 Å². The number of nitrogens with one attached hydrogen (secondary N) is 2. The van der Waals surface area contributed by atoms with Crippen LogP contribution in [0, 0.1) is 5.92 Å². The van der Waals surface area contributed by atoms with Gasteiger partial charge in [0.05, 0.1) is 6.04 Å². The molecule has 11 heteroatoms. The molecule has 35 heavy (non-hydrogen) atoms. The zero-order chi connectivity index (χ0) is 26.3. The summed E-state index contributed by atoms with van der Waals surface area (Å²) in [7, 11) is 0. The van der Waals surface area contributed by atoms with Crippen LogP contribution in [-0.4, -0.2) is 35.9 Å². The summed E-state index contributed by atoms with van der Waals surface area (Å²) >= 11 is 17.7. The Morgan fingerprint density at radius 1 is 0.914 bits per heavy atom. The predicted molar refractivity (Wildman–Crippen MR) is 130 cm³/mol. The minimum absolute atomic E-state index is 0.0589. The van der Waals surface area contributed by atoms with Gasteiger partial charge in [0.1, 0.15) is 6.04 Å². The number of benzene rings is 2. The summed E-state index contributed by atoms with van der Waals surface area (Å²) in [6, 6.07) is 7.91. The lowest BCUT2D eigenvalue weighted by molar-refractivity contribution is -0.175. The Balaban J connectivity index is 2.25. The van der Waals surface area contributed by atoms with Gasteiger partial charge in [-0.3, -0.25) is 14.4 Å². The highest BCUT2D eigenvalue weighted by Crippen LogP contribution is 2.22. The lowest BCUT2D eigenvalue weighted by atomic mass is 9.98. The number of hydrogen-bond donors (Lipinski definition) is 2. The molecule has 0 radical (unpaired) electrons. The van der Waals surface area contributed by atoms with Crippen LogP contribution in [0.1, 0.15) is 25.0 Å². The summed E-state index contributed by atoms with van der Waals surface area (Å²) in [6.07, 6.45) is -2.64. The van der Waals surface area contributed by atoms with Gasteiger partial charge < -0.3 is 10.6 Å². The van der Waals surface area contributed by atoms with Crippen molar-refractivity contribution in [3.63, 3.8) is 0 Å². The Bertz CT molecular complexity index is 1080. The third-order valence-electron chi connectivity index (χ3n) is 4.82. The Kier molecular flexibility index (Phi) is 10.2. The number of amides is 2. The highest BCUT2D eigenvalue weighted by atomic mass is 35.5. The molecule has 2 rings (SSSR count). The maximum Gasteiger partial charge on any atom is 0.452 e. The third-order valence-corrected chi connectivity index (χ3v) is 5.51. The summed E-state index contributed by atoms with van der Waals surface area (Å²) in [5.74, 6) is -4.55. The first-order valence-corrected chi connectivity index (χ1v) is 11.5. The minimum Gasteiger partial charge on any atom is -0.344 e. The maximum atomic E-state index is 13.0. The van der Waals surface area contributed by atoms with Crippen LogP contribution in [0.4, 0.5) is 13.2 Å². The van der Waals surface area contributed by atoms with Crippen molar-refractivity contribution in [1.82, 2.24) is 10.6 Å². The quantitative estimate of drug-likeness (QED) is 0.397. The molecule has 2 aromatic rings. The minimum atomic E-state index is -5.13. The zero-order valence-electron chi connectivity index (χ0n) is 18.6. The fraction of sp³-hybridized carbons (Fsp3) is 0.292. The molecule has 2 atom stereocenters. The van der Waals surface area contributed by atoms with Crippen molar-refractivity contribution in [3.8, 4) is 0 Å². The van der Waals surface area contributed by atoms with E-state index in [2.05, 4.69) is 10.6 Å². The number of alkyl halides is 3. The average molecular weight is 550 g/mol. The van der Waals surface area contributed by atoms with Crippen LogP contribution < -0.4 is 10.6 Å². The van der Waals surface area contributed by atoms with Crippen LogP contribution in [-0.2, 0) is 20.8 Å². The Morgan fingerprint density at radius 3 is 2.00 bits per heavy atom. The molecule has 0 heterocycles. The van der Waals surface area contributed by atoms with Gasteiger partial charge in [0.15, 0.2) is 0 Å². The average Bonchev–Trinajstić information content (AvgIpc) is 2.75. The standard InChI is InChI=1S/C24H22Cl3F3N2O3/c1-13(2)21(22(34)24(28,29)30)32-23(35)19(11-14-3-6-16(25)7-4-14)31-20(33)8-5-15-9-17(26)12-18(27)10-15/h3-10,12-13,19,21H,11H2,1-2H3,(H,31,33)(H,32,35)/b8-5+. The summed E-state index contributed by atoms with van der Waals surface area (Å²) in [4.78, 5) is 37.3. The van der Waals surface area contributed by atoms with Crippen LogP contribution in [0.3, 0.4) is 0 Å². The zero-order valence-corrected chi connectivity index (χ0v) is 20.9. The summed E-state index contributed by atoms with van der Waals surface area (Å²) in [6.45, 7) is 2.75. The van der Waals surface area contributed by atoms with Crippen molar-refractivity contribution in [3.05, 3.63) is 74.7 Å². The molecule has 0 bridgehead atoms. The number of hydrogen-bond acceptors (Lipinski definition) is 3. The lowest BCUT2D eigenvalue weighted by Crippen LogP contribution is -2.55. The van der Waals surface area contributed by atoms with Crippen LogP contribution >= 0.6 is 34.8 Å².